The zero-order valence-electron chi connectivity index (χ0n) is 12.0. The largest absolute Gasteiger partial charge is 0.497 e. The molecule has 1 heterocycles. The van der Waals surface area contributed by atoms with Gasteiger partial charge in [-0.3, -0.25) is 9.59 Å². The van der Waals surface area contributed by atoms with Crippen molar-refractivity contribution in [2.75, 3.05) is 20.2 Å². The highest BCUT2D eigenvalue weighted by Crippen LogP contribution is 2.22. The van der Waals surface area contributed by atoms with Crippen LogP contribution in [0.2, 0.25) is 0 Å². The van der Waals surface area contributed by atoms with Gasteiger partial charge in [0.05, 0.1) is 13.5 Å². The van der Waals surface area contributed by atoms with Gasteiger partial charge in [-0.2, -0.15) is 0 Å². The van der Waals surface area contributed by atoms with Gasteiger partial charge in [-0.25, -0.2) is 0 Å². The molecule has 0 unspecified atom stereocenters. The summed E-state index contributed by atoms with van der Waals surface area (Å²) >= 11 is 0. The fourth-order valence-electron chi connectivity index (χ4n) is 2.16. The minimum Gasteiger partial charge on any atom is -0.497 e. The maximum absolute atomic E-state index is 12.4. The van der Waals surface area contributed by atoms with Crippen molar-refractivity contribution in [2.45, 2.75) is 13.3 Å². The van der Waals surface area contributed by atoms with Gasteiger partial charge >= 0.3 is 5.97 Å². The standard InChI is InChI=1S/C15H18N2O4/c1-3-17(7-6-14(18)19)15(20)13-9-10-8-11(21-2)4-5-12(10)16-13/h4-5,8-9,16H,3,6-7H2,1-2H3,(H,18,19). The molecule has 112 valence electrons. The van der Waals surface area contributed by atoms with E-state index in [4.69, 9.17) is 9.84 Å². The number of rotatable bonds is 6. The van der Waals surface area contributed by atoms with E-state index in [1.54, 1.807) is 13.2 Å². The number of H-pyrrole nitrogens is 1. The molecule has 0 saturated heterocycles. The van der Waals surface area contributed by atoms with Crippen LogP contribution in [0.1, 0.15) is 23.8 Å². The molecule has 2 aromatic rings. The van der Waals surface area contributed by atoms with Crippen LogP contribution >= 0.6 is 0 Å². The summed E-state index contributed by atoms with van der Waals surface area (Å²) in [5.41, 5.74) is 1.29. The van der Waals surface area contributed by atoms with Crippen LogP contribution in [0.3, 0.4) is 0 Å². The lowest BCUT2D eigenvalue weighted by atomic mass is 10.2. The average Bonchev–Trinajstić information content (AvgIpc) is 2.90. The molecule has 21 heavy (non-hydrogen) atoms. The number of nitrogens with one attached hydrogen (secondary N) is 1. The van der Waals surface area contributed by atoms with Gasteiger partial charge in [0.25, 0.3) is 5.91 Å². The van der Waals surface area contributed by atoms with Crippen LogP contribution in [0, 0.1) is 0 Å². The third-order valence-electron chi connectivity index (χ3n) is 3.32. The van der Waals surface area contributed by atoms with Crippen LogP contribution in [0.4, 0.5) is 0 Å². The third-order valence-corrected chi connectivity index (χ3v) is 3.32. The Kier molecular flexibility index (Phi) is 4.47. The van der Waals surface area contributed by atoms with Crippen molar-refractivity contribution in [1.82, 2.24) is 9.88 Å². The van der Waals surface area contributed by atoms with Crippen LogP contribution in [-0.4, -0.2) is 47.1 Å². The van der Waals surface area contributed by atoms with Gasteiger partial charge in [0.1, 0.15) is 11.4 Å². The Labute approximate surface area is 122 Å². The number of aromatic amines is 1. The number of carboxylic acids is 1. The molecule has 2 rings (SSSR count). The smallest absolute Gasteiger partial charge is 0.305 e. The molecule has 1 amide bonds. The molecule has 1 aromatic carbocycles. The lowest BCUT2D eigenvalue weighted by Crippen LogP contribution is -2.33. The third kappa shape index (κ3) is 3.34. The summed E-state index contributed by atoms with van der Waals surface area (Å²) in [6, 6.07) is 7.26. The van der Waals surface area contributed by atoms with E-state index in [1.807, 2.05) is 25.1 Å². The molecule has 1 aromatic heterocycles. The monoisotopic (exact) mass is 290 g/mol. The summed E-state index contributed by atoms with van der Waals surface area (Å²) in [7, 11) is 1.59. The lowest BCUT2D eigenvalue weighted by Gasteiger charge is -2.18. The van der Waals surface area contributed by atoms with E-state index in [0.29, 0.717) is 12.2 Å². The minimum absolute atomic E-state index is 0.0619. The first-order valence-electron chi connectivity index (χ1n) is 6.73. The number of amides is 1. The quantitative estimate of drug-likeness (QED) is 0.853. The van der Waals surface area contributed by atoms with E-state index in [2.05, 4.69) is 4.98 Å². The van der Waals surface area contributed by atoms with Gasteiger partial charge < -0.3 is 19.7 Å². The maximum atomic E-state index is 12.4. The van der Waals surface area contributed by atoms with Crippen LogP contribution in [0.5, 0.6) is 5.75 Å². The molecule has 0 aliphatic carbocycles. The number of carbonyl (C=O) groups excluding carboxylic acids is 1. The highest BCUT2D eigenvalue weighted by molar-refractivity contribution is 5.98. The molecule has 0 radical (unpaired) electrons. The van der Waals surface area contributed by atoms with Gasteiger partial charge in [0.2, 0.25) is 0 Å². The number of hydrogen-bond acceptors (Lipinski definition) is 3. The number of carboxylic acid groups (broad SMARTS) is 1. The molecule has 0 fully saturated rings. The number of carbonyl (C=O) groups is 2. The number of benzene rings is 1. The van der Waals surface area contributed by atoms with Gasteiger partial charge in [0.15, 0.2) is 0 Å². The summed E-state index contributed by atoms with van der Waals surface area (Å²) < 4.78 is 5.15. The SMILES string of the molecule is CCN(CCC(=O)O)C(=O)c1cc2cc(OC)ccc2[nH]1. The van der Waals surface area contributed by atoms with Crippen LogP contribution in [0.25, 0.3) is 10.9 Å². The Morgan fingerprint density at radius 2 is 2.10 bits per heavy atom. The molecule has 2 N–H and O–H groups in total. The number of fused-ring (bicyclic) bond motifs is 1. The van der Waals surface area contributed by atoms with E-state index >= 15 is 0 Å². The van der Waals surface area contributed by atoms with Crippen LogP contribution in [0.15, 0.2) is 24.3 Å². The minimum atomic E-state index is -0.914. The first-order valence-corrected chi connectivity index (χ1v) is 6.73. The summed E-state index contributed by atoms with van der Waals surface area (Å²) in [5, 5.41) is 9.60. The Morgan fingerprint density at radius 3 is 2.71 bits per heavy atom. The zero-order valence-corrected chi connectivity index (χ0v) is 12.0. The zero-order chi connectivity index (χ0) is 15.4. The maximum Gasteiger partial charge on any atom is 0.305 e. The van der Waals surface area contributed by atoms with Crippen molar-refractivity contribution in [2.24, 2.45) is 0 Å². The highest BCUT2D eigenvalue weighted by atomic mass is 16.5. The molecule has 6 heteroatoms. The Balaban J connectivity index is 2.23. The summed E-state index contributed by atoms with van der Waals surface area (Å²) in [4.78, 5) is 27.6. The fourth-order valence-corrected chi connectivity index (χ4v) is 2.16. The van der Waals surface area contributed by atoms with E-state index in [1.165, 1.54) is 4.90 Å². The van der Waals surface area contributed by atoms with E-state index in [0.717, 1.165) is 16.7 Å². The van der Waals surface area contributed by atoms with Gasteiger partial charge in [-0.1, -0.05) is 0 Å². The van der Waals surface area contributed by atoms with Crippen molar-refractivity contribution in [3.05, 3.63) is 30.0 Å². The highest BCUT2D eigenvalue weighted by Gasteiger charge is 2.17. The summed E-state index contributed by atoms with van der Waals surface area (Å²) in [6.07, 6.45) is -0.0619. The molecule has 0 atom stereocenters. The molecule has 0 spiro atoms. The topological polar surface area (TPSA) is 82.6 Å². The Morgan fingerprint density at radius 1 is 1.33 bits per heavy atom. The van der Waals surface area contributed by atoms with Crippen molar-refractivity contribution >= 4 is 22.8 Å². The number of ether oxygens (including phenoxy) is 1. The Bertz CT molecular complexity index is 663. The van der Waals surface area contributed by atoms with Crippen LogP contribution < -0.4 is 4.74 Å². The lowest BCUT2D eigenvalue weighted by molar-refractivity contribution is -0.137. The summed E-state index contributed by atoms with van der Waals surface area (Å²) in [5.74, 6) is -0.393. The number of nitrogens with zero attached hydrogens (tertiary/aromatic N) is 1. The molecule has 0 aliphatic rings. The first kappa shape index (κ1) is 14.9. The second kappa shape index (κ2) is 6.30. The predicted octanol–water partition coefficient (Wildman–Crippen LogP) is 2.11. The van der Waals surface area contributed by atoms with Crippen molar-refractivity contribution in [3.8, 4) is 5.75 Å². The van der Waals surface area contributed by atoms with E-state index < -0.39 is 5.97 Å². The molecular formula is C15H18N2O4. The number of methoxy groups -OCH3 is 1. The molecule has 0 saturated carbocycles. The number of aromatic nitrogens is 1. The van der Waals surface area contributed by atoms with E-state index in [-0.39, 0.29) is 18.9 Å². The first-order chi connectivity index (χ1) is 10.0. The molecule has 0 aliphatic heterocycles. The van der Waals surface area contributed by atoms with Crippen molar-refractivity contribution in [1.29, 1.82) is 0 Å². The van der Waals surface area contributed by atoms with Gasteiger partial charge in [0, 0.05) is 24.0 Å². The average molecular weight is 290 g/mol. The fraction of sp³-hybridized carbons (Fsp3) is 0.333. The van der Waals surface area contributed by atoms with Crippen molar-refractivity contribution in [3.63, 3.8) is 0 Å². The molecule has 6 nitrogen and oxygen atoms in total. The second-order valence-corrected chi connectivity index (χ2v) is 4.66. The normalized spacial score (nSPS) is 10.6. The molecular weight excluding hydrogens is 272 g/mol. The number of hydrogen-bond donors (Lipinski definition) is 2. The van der Waals surface area contributed by atoms with E-state index in [9.17, 15) is 9.59 Å². The van der Waals surface area contributed by atoms with Gasteiger partial charge in [-0.05, 0) is 31.2 Å². The predicted molar refractivity (Wildman–Crippen MR) is 78.7 cm³/mol. The second-order valence-electron chi connectivity index (χ2n) is 4.66. The number of aliphatic carboxylic acids is 1. The van der Waals surface area contributed by atoms with Crippen LogP contribution in [-0.2, 0) is 4.79 Å². The van der Waals surface area contributed by atoms with Crippen molar-refractivity contribution < 1.29 is 19.4 Å². The Hall–Kier alpha value is -2.50. The van der Waals surface area contributed by atoms with Gasteiger partial charge in [-0.15, -0.1) is 0 Å². The molecule has 0 bridgehead atoms. The summed E-state index contributed by atoms with van der Waals surface area (Å²) in [6.45, 7) is 2.49.